The van der Waals surface area contributed by atoms with Crippen molar-refractivity contribution >= 4 is 28.4 Å². The first-order valence-corrected chi connectivity index (χ1v) is 8.46. The van der Waals surface area contributed by atoms with E-state index >= 15 is 0 Å². The van der Waals surface area contributed by atoms with Crippen LogP contribution in [0.25, 0.3) is 10.8 Å². The lowest BCUT2D eigenvalue weighted by Crippen LogP contribution is -2.37. The third kappa shape index (κ3) is 3.02. The second-order valence-electron chi connectivity index (χ2n) is 5.45. The van der Waals surface area contributed by atoms with Gasteiger partial charge >= 0.3 is 0 Å². The molecule has 0 radical (unpaired) electrons. The zero-order valence-electron chi connectivity index (χ0n) is 12.8. The van der Waals surface area contributed by atoms with Crippen molar-refractivity contribution in [1.82, 2.24) is 4.90 Å². The number of carbonyl (C=O) groups excluding carboxylic acids is 1. The molecule has 0 bridgehead atoms. The first kappa shape index (κ1) is 16.1. The van der Waals surface area contributed by atoms with Crippen LogP contribution in [0.2, 0.25) is 0 Å². The molecule has 2 aromatic rings. The summed E-state index contributed by atoms with van der Waals surface area (Å²) in [5, 5.41) is 20.6. The Morgan fingerprint density at radius 2 is 2.04 bits per heavy atom. The minimum absolute atomic E-state index is 0.0209. The Balaban J connectivity index is 2.03. The summed E-state index contributed by atoms with van der Waals surface area (Å²) < 4.78 is 5.41. The fourth-order valence-corrected chi connectivity index (χ4v) is 4.12. The normalized spacial score (nSPS) is 19.3. The van der Waals surface area contributed by atoms with Gasteiger partial charge < -0.3 is 19.8 Å². The molecule has 0 aromatic heterocycles. The van der Waals surface area contributed by atoms with Gasteiger partial charge in [0.1, 0.15) is 11.1 Å². The lowest BCUT2D eigenvalue weighted by atomic mass is 10.0. The third-order valence-corrected chi connectivity index (χ3v) is 5.23. The van der Waals surface area contributed by atoms with Crippen LogP contribution in [0.4, 0.5) is 0 Å². The van der Waals surface area contributed by atoms with Crippen molar-refractivity contribution in [3.05, 3.63) is 42.0 Å². The highest BCUT2D eigenvalue weighted by Crippen LogP contribution is 2.43. The number of fused-ring (bicyclic) bond motifs is 1. The molecule has 2 atom stereocenters. The van der Waals surface area contributed by atoms with Crippen LogP contribution in [0.3, 0.4) is 0 Å². The summed E-state index contributed by atoms with van der Waals surface area (Å²) in [4.78, 5) is 13.8. The molecule has 1 aliphatic rings. The minimum Gasteiger partial charge on any atom is -0.496 e. The molecule has 6 heteroatoms. The minimum atomic E-state index is -0.926. The van der Waals surface area contributed by atoms with E-state index in [1.54, 1.807) is 12.0 Å². The Morgan fingerprint density at radius 1 is 1.30 bits per heavy atom. The van der Waals surface area contributed by atoms with Crippen LogP contribution in [0.1, 0.15) is 10.9 Å². The summed E-state index contributed by atoms with van der Waals surface area (Å²) in [5.74, 6) is 1.15. The molecular weight excluding hydrogens is 314 g/mol. The number of aliphatic hydroxyl groups is 2. The Labute approximate surface area is 138 Å². The number of benzene rings is 2. The highest BCUT2D eigenvalue weighted by Gasteiger charge is 2.34. The Kier molecular flexibility index (Phi) is 4.75. The van der Waals surface area contributed by atoms with Crippen LogP contribution in [-0.2, 0) is 4.79 Å². The number of methoxy groups -OCH3 is 1. The Bertz CT molecular complexity index is 721. The van der Waals surface area contributed by atoms with Crippen LogP contribution < -0.4 is 4.74 Å². The van der Waals surface area contributed by atoms with E-state index in [1.165, 1.54) is 11.8 Å². The van der Waals surface area contributed by atoms with Gasteiger partial charge in [-0.3, -0.25) is 4.79 Å². The average molecular weight is 333 g/mol. The second kappa shape index (κ2) is 6.78. The molecular formula is C17H19NO4S. The number of nitrogens with zero attached hydrogens (tertiary/aromatic N) is 1. The molecule has 2 aromatic carbocycles. The van der Waals surface area contributed by atoms with Crippen molar-refractivity contribution in [3.8, 4) is 5.75 Å². The van der Waals surface area contributed by atoms with Crippen molar-refractivity contribution in [3.63, 3.8) is 0 Å². The smallest absolute Gasteiger partial charge is 0.233 e. The third-order valence-electron chi connectivity index (χ3n) is 3.99. The highest BCUT2D eigenvalue weighted by atomic mass is 32.2. The number of thioether (sulfide) groups is 1. The predicted octanol–water partition coefficient (Wildman–Crippen LogP) is 1.78. The Morgan fingerprint density at radius 3 is 2.74 bits per heavy atom. The summed E-state index contributed by atoms with van der Waals surface area (Å²) >= 11 is 1.54. The van der Waals surface area contributed by atoms with E-state index in [4.69, 9.17) is 9.84 Å². The number of rotatable bonds is 5. The van der Waals surface area contributed by atoms with Gasteiger partial charge in [-0.2, -0.15) is 0 Å². The van der Waals surface area contributed by atoms with Gasteiger partial charge in [0, 0.05) is 5.39 Å². The number of aliphatic hydroxyl groups excluding tert-OH is 2. The van der Waals surface area contributed by atoms with Crippen molar-refractivity contribution in [2.45, 2.75) is 11.5 Å². The van der Waals surface area contributed by atoms with Gasteiger partial charge in [-0.1, -0.05) is 30.3 Å². The number of carbonyl (C=O) groups is 1. The van der Waals surface area contributed by atoms with E-state index in [1.807, 2.05) is 36.4 Å². The van der Waals surface area contributed by atoms with Crippen LogP contribution in [0, 0.1) is 0 Å². The largest absolute Gasteiger partial charge is 0.496 e. The van der Waals surface area contributed by atoms with E-state index in [2.05, 4.69) is 0 Å². The van der Waals surface area contributed by atoms with Gasteiger partial charge in [-0.15, -0.1) is 11.8 Å². The maximum atomic E-state index is 12.2. The molecule has 1 fully saturated rings. The van der Waals surface area contributed by atoms with E-state index in [0.717, 1.165) is 22.1 Å². The number of hydrogen-bond acceptors (Lipinski definition) is 5. The monoisotopic (exact) mass is 333 g/mol. The van der Waals surface area contributed by atoms with Crippen molar-refractivity contribution in [2.24, 2.45) is 0 Å². The van der Waals surface area contributed by atoms with Gasteiger partial charge in [0.25, 0.3) is 0 Å². The quantitative estimate of drug-likeness (QED) is 0.873. The van der Waals surface area contributed by atoms with Gasteiger partial charge in [0.15, 0.2) is 0 Å². The fraction of sp³-hybridized carbons (Fsp3) is 0.353. The molecule has 0 aliphatic carbocycles. The van der Waals surface area contributed by atoms with E-state index in [9.17, 15) is 9.90 Å². The SMILES string of the molecule is COc1ccc(C2SCC(=O)N2CC(O)CO)c2ccccc12. The molecule has 0 saturated carbocycles. The number of hydrogen-bond donors (Lipinski definition) is 2. The average Bonchev–Trinajstić information content (AvgIpc) is 2.94. The molecule has 2 unspecified atom stereocenters. The van der Waals surface area contributed by atoms with Crippen LogP contribution in [0.15, 0.2) is 36.4 Å². The molecule has 5 nitrogen and oxygen atoms in total. The van der Waals surface area contributed by atoms with Crippen LogP contribution in [0.5, 0.6) is 5.75 Å². The zero-order chi connectivity index (χ0) is 16.4. The van der Waals surface area contributed by atoms with E-state index < -0.39 is 6.10 Å². The van der Waals surface area contributed by atoms with Crippen molar-refractivity contribution in [1.29, 1.82) is 0 Å². The first-order chi connectivity index (χ1) is 11.2. The predicted molar refractivity (Wildman–Crippen MR) is 90.5 cm³/mol. The molecule has 122 valence electrons. The molecule has 1 amide bonds. The molecule has 1 aliphatic heterocycles. The van der Waals surface area contributed by atoms with E-state index in [-0.39, 0.29) is 24.4 Å². The summed E-state index contributed by atoms with van der Waals surface area (Å²) in [7, 11) is 1.64. The molecule has 1 saturated heterocycles. The van der Waals surface area contributed by atoms with Gasteiger partial charge in [-0.05, 0) is 17.0 Å². The summed E-state index contributed by atoms with van der Waals surface area (Å²) in [5.41, 5.74) is 1.02. The van der Waals surface area contributed by atoms with Crippen LogP contribution >= 0.6 is 11.8 Å². The number of ether oxygens (including phenoxy) is 1. The molecule has 3 rings (SSSR count). The zero-order valence-corrected chi connectivity index (χ0v) is 13.6. The lowest BCUT2D eigenvalue weighted by molar-refractivity contribution is -0.129. The van der Waals surface area contributed by atoms with Crippen molar-refractivity contribution < 1.29 is 19.7 Å². The highest BCUT2D eigenvalue weighted by molar-refractivity contribution is 8.00. The van der Waals surface area contributed by atoms with Gasteiger partial charge in [-0.25, -0.2) is 0 Å². The van der Waals surface area contributed by atoms with Crippen molar-refractivity contribution in [2.75, 3.05) is 26.0 Å². The number of β-amino-alcohol motifs (C(OH)–C–C–N with tert-alkyl or cyclic N) is 1. The Hall–Kier alpha value is -1.76. The van der Waals surface area contributed by atoms with Gasteiger partial charge in [0.2, 0.25) is 5.91 Å². The summed E-state index contributed by atoms with van der Waals surface area (Å²) in [6.07, 6.45) is -0.926. The molecule has 0 spiro atoms. The number of amides is 1. The molecule has 2 N–H and O–H groups in total. The van der Waals surface area contributed by atoms with E-state index in [0.29, 0.717) is 5.75 Å². The summed E-state index contributed by atoms with van der Waals surface area (Å²) in [6.45, 7) is -0.224. The van der Waals surface area contributed by atoms with Gasteiger partial charge in [0.05, 0.1) is 32.1 Å². The maximum Gasteiger partial charge on any atom is 0.233 e. The standard InChI is InChI=1S/C17H19NO4S/c1-22-15-7-6-14(12-4-2-3-5-13(12)15)17-18(8-11(20)9-19)16(21)10-23-17/h2-7,11,17,19-20H,8-10H2,1H3. The fourth-order valence-electron chi connectivity index (χ4n) is 2.88. The molecule has 23 heavy (non-hydrogen) atoms. The second-order valence-corrected chi connectivity index (χ2v) is 6.52. The topological polar surface area (TPSA) is 70.0 Å². The lowest BCUT2D eigenvalue weighted by Gasteiger charge is -2.27. The summed E-state index contributed by atoms with van der Waals surface area (Å²) in [6, 6.07) is 11.8. The van der Waals surface area contributed by atoms with Crippen LogP contribution in [-0.4, -0.2) is 53.1 Å². The maximum absolute atomic E-state index is 12.2. The first-order valence-electron chi connectivity index (χ1n) is 7.41. The molecule has 1 heterocycles.